The first-order valence-corrected chi connectivity index (χ1v) is 12.7. The second-order valence-corrected chi connectivity index (χ2v) is 9.61. The first-order chi connectivity index (χ1) is 18.6. The van der Waals surface area contributed by atoms with Crippen LogP contribution >= 0.6 is 0 Å². The average Bonchev–Trinajstić information content (AvgIpc) is 2.89. The van der Waals surface area contributed by atoms with Crippen LogP contribution in [0.25, 0.3) is 0 Å². The van der Waals surface area contributed by atoms with Crippen LogP contribution in [-0.4, -0.2) is 85.5 Å². The maximum absolute atomic E-state index is 14.0. The fourth-order valence-electron chi connectivity index (χ4n) is 3.80. The number of halogens is 1. The van der Waals surface area contributed by atoms with Gasteiger partial charge in [0.2, 0.25) is 17.8 Å². The van der Waals surface area contributed by atoms with E-state index in [1.165, 1.54) is 30.2 Å². The van der Waals surface area contributed by atoms with Gasteiger partial charge in [0, 0.05) is 50.4 Å². The van der Waals surface area contributed by atoms with Crippen LogP contribution in [0.2, 0.25) is 0 Å². The highest BCUT2D eigenvalue weighted by Crippen LogP contribution is 2.27. The molecule has 39 heavy (non-hydrogen) atoms. The standard InChI is InChI=1S/C28H36FN7O3/c1-18(36(5)25(37)8-7-13-35(3)4)27(38)32-22-14-19(15-22)9-10-20-17-31-28(34-26(20)30-2)33-21-11-12-24(39-6)23(29)16-21/h7-8,11-12,16-19,22H,13-15H2,1-6H3,(H,32,38)(H2,30,31,33,34)/b8-7+/t18-,19-,22+/m0/s1. The van der Waals surface area contributed by atoms with Crippen LogP contribution in [-0.2, 0) is 9.59 Å². The minimum Gasteiger partial charge on any atom is -0.494 e. The van der Waals surface area contributed by atoms with Gasteiger partial charge in [-0.05, 0) is 46.0 Å². The Morgan fingerprint density at radius 2 is 2.03 bits per heavy atom. The predicted molar refractivity (Wildman–Crippen MR) is 149 cm³/mol. The number of methoxy groups -OCH3 is 1. The van der Waals surface area contributed by atoms with E-state index in [1.807, 2.05) is 19.0 Å². The summed E-state index contributed by atoms with van der Waals surface area (Å²) in [4.78, 5) is 37.0. The molecule has 0 saturated heterocycles. The Morgan fingerprint density at radius 3 is 2.67 bits per heavy atom. The molecular formula is C28H36FN7O3. The molecular weight excluding hydrogens is 501 g/mol. The maximum Gasteiger partial charge on any atom is 0.246 e. The Labute approximate surface area is 229 Å². The molecule has 0 spiro atoms. The van der Waals surface area contributed by atoms with Crippen molar-refractivity contribution in [2.24, 2.45) is 5.92 Å². The number of hydrogen-bond donors (Lipinski definition) is 3. The largest absolute Gasteiger partial charge is 0.494 e. The van der Waals surface area contributed by atoms with E-state index < -0.39 is 11.9 Å². The van der Waals surface area contributed by atoms with E-state index in [1.54, 1.807) is 39.4 Å². The molecule has 2 amide bonds. The van der Waals surface area contributed by atoms with Gasteiger partial charge in [0.25, 0.3) is 0 Å². The van der Waals surface area contributed by atoms with E-state index in [-0.39, 0.29) is 29.5 Å². The van der Waals surface area contributed by atoms with Gasteiger partial charge < -0.3 is 30.5 Å². The third kappa shape index (κ3) is 8.15. The molecule has 11 heteroatoms. The lowest BCUT2D eigenvalue weighted by Gasteiger charge is -2.34. The van der Waals surface area contributed by atoms with Gasteiger partial charge >= 0.3 is 0 Å². The van der Waals surface area contributed by atoms with Gasteiger partial charge in [-0.2, -0.15) is 4.98 Å². The quantitative estimate of drug-likeness (QED) is 0.313. The van der Waals surface area contributed by atoms with Crippen molar-refractivity contribution in [1.29, 1.82) is 0 Å². The molecule has 1 heterocycles. The summed E-state index contributed by atoms with van der Waals surface area (Å²) >= 11 is 0. The molecule has 10 nitrogen and oxygen atoms in total. The Balaban J connectivity index is 1.51. The van der Waals surface area contributed by atoms with Crippen molar-refractivity contribution in [3.05, 3.63) is 47.9 Å². The molecule has 1 aromatic heterocycles. The number of nitrogens with zero attached hydrogens (tertiary/aromatic N) is 4. The molecule has 3 N–H and O–H groups in total. The number of hydrogen-bond acceptors (Lipinski definition) is 8. The maximum atomic E-state index is 14.0. The van der Waals surface area contributed by atoms with Crippen LogP contribution in [0.15, 0.2) is 36.5 Å². The Morgan fingerprint density at radius 1 is 1.28 bits per heavy atom. The zero-order valence-electron chi connectivity index (χ0n) is 23.2. The normalized spacial score (nSPS) is 17.0. The molecule has 0 bridgehead atoms. The van der Waals surface area contributed by atoms with Crippen molar-refractivity contribution >= 4 is 29.3 Å². The summed E-state index contributed by atoms with van der Waals surface area (Å²) in [5, 5.41) is 8.99. The van der Waals surface area contributed by atoms with Crippen LogP contribution in [0.3, 0.4) is 0 Å². The Bertz CT molecular complexity index is 1270. The number of benzene rings is 1. The van der Waals surface area contributed by atoms with Crippen molar-refractivity contribution < 1.29 is 18.7 Å². The van der Waals surface area contributed by atoms with Crippen molar-refractivity contribution in [1.82, 2.24) is 25.1 Å². The van der Waals surface area contributed by atoms with Crippen molar-refractivity contribution in [3.8, 4) is 17.6 Å². The van der Waals surface area contributed by atoms with E-state index in [2.05, 4.69) is 37.8 Å². The van der Waals surface area contributed by atoms with Crippen LogP contribution in [0.4, 0.5) is 21.8 Å². The third-order valence-electron chi connectivity index (χ3n) is 6.37. The van der Waals surface area contributed by atoms with Crippen molar-refractivity contribution in [3.63, 3.8) is 0 Å². The van der Waals surface area contributed by atoms with E-state index in [4.69, 9.17) is 4.74 Å². The summed E-state index contributed by atoms with van der Waals surface area (Å²) in [5.41, 5.74) is 1.12. The average molecular weight is 538 g/mol. The molecule has 1 fully saturated rings. The molecule has 0 unspecified atom stereocenters. The van der Waals surface area contributed by atoms with Crippen LogP contribution < -0.4 is 20.7 Å². The number of anilines is 3. The van der Waals surface area contributed by atoms with E-state index in [9.17, 15) is 14.0 Å². The molecule has 1 aliphatic rings. The monoisotopic (exact) mass is 537 g/mol. The van der Waals surface area contributed by atoms with Gasteiger partial charge in [-0.15, -0.1) is 0 Å². The highest BCUT2D eigenvalue weighted by atomic mass is 19.1. The molecule has 1 saturated carbocycles. The summed E-state index contributed by atoms with van der Waals surface area (Å²) < 4.78 is 18.9. The summed E-state index contributed by atoms with van der Waals surface area (Å²) in [6, 6.07) is 3.94. The molecule has 208 valence electrons. The van der Waals surface area contributed by atoms with Gasteiger partial charge in [0.15, 0.2) is 11.6 Å². The molecule has 2 aromatic rings. The van der Waals surface area contributed by atoms with E-state index in [0.29, 0.717) is 29.6 Å². The lowest BCUT2D eigenvalue weighted by atomic mass is 9.80. The number of rotatable bonds is 10. The third-order valence-corrected chi connectivity index (χ3v) is 6.37. The Hall–Kier alpha value is -4.17. The first kappa shape index (κ1) is 29.4. The van der Waals surface area contributed by atoms with E-state index >= 15 is 0 Å². The summed E-state index contributed by atoms with van der Waals surface area (Å²) in [5.74, 6) is 6.58. The highest BCUT2D eigenvalue weighted by Gasteiger charge is 2.31. The molecule has 0 aliphatic heterocycles. The number of carbonyl (C=O) groups is 2. The van der Waals surface area contributed by atoms with Crippen LogP contribution in [0, 0.1) is 23.6 Å². The van der Waals surface area contributed by atoms with Crippen molar-refractivity contribution in [2.45, 2.75) is 31.8 Å². The number of amides is 2. The number of nitrogens with one attached hydrogen (secondary N) is 3. The number of ether oxygens (including phenoxy) is 1. The molecule has 0 radical (unpaired) electrons. The van der Waals surface area contributed by atoms with Gasteiger partial charge in [-0.25, -0.2) is 9.37 Å². The summed E-state index contributed by atoms with van der Waals surface area (Å²) in [7, 11) is 8.60. The molecule has 1 atom stereocenters. The minimum absolute atomic E-state index is 0.0172. The Kier molecular flexibility index (Phi) is 10.2. The summed E-state index contributed by atoms with van der Waals surface area (Å²) in [6.45, 7) is 2.37. The molecule has 1 aromatic carbocycles. The lowest BCUT2D eigenvalue weighted by Crippen LogP contribution is -2.51. The number of aromatic nitrogens is 2. The van der Waals surface area contributed by atoms with Gasteiger partial charge in [-0.3, -0.25) is 9.59 Å². The smallest absolute Gasteiger partial charge is 0.246 e. The van der Waals surface area contributed by atoms with E-state index in [0.717, 1.165) is 12.8 Å². The fraction of sp³-hybridized carbons (Fsp3) is 0.429. The molecule has 1 aliphatic carbocycles. The summed E-state index contributed by atoms with van der Waals surface area (Å²) in [6.07, 6.45) is 6.32. The second kappa shape index (κ2) is 13.6. The number of likely N-dealkylation sites (N-methyl/N-ethyl adjacent to an activating group) is 2. The van der Waals surface area contributed by atoms with Crippen molar-refractivity contribution in [2.75, 3.05) is 52.5 Å². The van der Waals surface area contributed by atoms with Crippen LogP contribution in [0.1, 0.15) is 25.3 Å². The first-order valence-electron chi connectivity index (χ1n) is 12.7. The lowest BCUT2D eigenvalue weighted by molar-refractivity contribution is -0.135. The van der Waals surface area contributed by atoms with Crippen LogP contribution in [0.5, 0.6) is 5.75 Å². The van der Waals surface area contributed by atoms with Gasteiger partial charge in [0.05, 0.1) is 18.9 Å². The van der Waals surface area contributed by atoms with Gasteiger partial charge in [0.1, 0.15) is 11.9 Å². The SMILES string of the molecule is CNc1nc(Nc2ccc(OC)c(F)c2)ncc1C#C[C@H]1C[C@@H](NC(=O)[C@H](C)N(C)C(=O)/C=C/CN(C)C)C1. The zero-order valence-corrected chi connectivity index (χ0v) is 23.2. The number of carbonyl (C=O) groups excluding carboxylic acids is 2. The fourth-order valence-corrected chi connectivity index (χ4v) is 3.80. The highest BCUT2D eigenvalue weighted by molar-refractivity contribution is 5.92. The zero-order chi connectivity index (χ0) is 28.5. The predicted octanol–water partition coefficient (Wildman–Crippen LogP) is 2.62. The minimum atomic E-state index is -0.580. The second-order valence-electron chi connectivity index (χ2n) is 9.61. The van der Waals surface area contributed by atoms with Gasteiger partial charge in [-0.1, -0.05) is 17.9 Å². The topological polar surface area (TPSA) is 112 Å². The molecule has 3 rings (SSSR count).